The SMILES string of the molecule is CCCCCC1OC1C/C=C\C/C=C\C/C=C\CCCC(=O)OC[C@H](COP(=O)(O)OC[C@@H](O)CO)OC(=O)CCCCCCCCCCCCC(C)CC. The van der Waals surface area contributed by atoms with Gasteiger partial charge in [-0.2, -0.15) is 0 Å². The number of rotatable bonds is 38. The smallest absolute Gasteiger partial charge is 0.462 e. The Morgan fingerprint density at radius 1 is 0.727 bits per heavy atom. The maximum Gasteiger partial charge on any atom is 0.472 e. The molecule has 320 valence electrons. The van der Waals surface area contributed by atoms with E-state index in [-0.39, 0.29) is 19.4 Å². The molecule has 55 heavy (non-hydrogen) atoms. The largest absolute Gasteiger partial charge is 0.472 e. The highest BCUT2D eigenvalue weighted by Gasteiger charge is 2.36. The molecule has 1 saturated heterocycles. The predicted molar refractivity (Wildman–Crippen MR) is 218 cm³/mol. The topological polar surface area (TPSA) is 161 Å². The van der Waals surface area contributed by atoms with Gasteiger partial charge in [-0.25, -0.2) is 4.57 Å². The molecule has 1 heterocycles. The van der Waals surface area contributed by atoms with Gasteiger partial charge in [-0.05, 0) is 50.9 Å². The van der Waals surface area contributed by atoms with E-state index in [9.17, 15) is 24.2 Å². The Balaban J connectivity index is 2.29. The van der Waals surface area contributed by atoms with E-state index in [0.29, 0.717) is 31.5 Å². The van der Waals surface area contributed by atoms with Gasteiger partial charge < -0.3 is 29.3 Å². The van der Waals surface area contributed by atoms with Crippen LogP contribution in [0.5, 0.6) is 0 Å². The van der Waals surface area contributed by atoms with E-state index in [0.717, 1.165) is 44.4 Å². The maximum absolute atomic E-state index is 12.6. The fourth-order valence-corrected chi connectivity index (χ4v) is 6.73. The molecule has 1 rings (SSSR count). The van der Waals surface area contributed by atoms with E-state index in [1.54, 1.807) is 0 Å². The zero-order valence-corrected chi connectivity index (χ0v) is 35.4. The van der Waals surface area contributed by atoms with Gasteiger partial charge in [0.2, 0.25) is 0 Å². The second-order valence-electron chi connectivity index (χ2n) is 15.0. The summed E-state index contributed by atoms with van der Waals surface area (Å²) in [6.07, 6.45) is 34.3. The number of phosphoric acid groups is 1. The number of esters is 2. The zero-order chi connectivity index (χ0) is 40.4. The average Bonchev–Trinajstić information content (AvgIpc) is 3.93. The number of aliphatic hydroxyl groups is 2. The van der Waals surface area contributed by atoms with Gasteiger partial charge in [0, 0.05) is 12.8 Å². The molecule has 0 bridgehead atoms. The molecule has 0 amide bonds. The number of carbonyl (C=O) groups excluding carboxylic acids is 2. The van der Waals surface area contributed by atoms with E-state index < -0.39 is 51.8 Å². The van der Waals surface area contributed by atoms with Gasteiger partial charge >= 0.3 is 19.8 Å². The third-order valence-corrected chi connectivity index (χ3v) is 10.7. The lowest BCUT2D eigenvalue weighted by Gasteiger charge is -2.20. The lowest BCUT2D eigenvalue weighted by Crippen LogP contribution is -2.29. The molecule has 0 aromatic carbocycles. The van der Waals surface area contributed by atoms with Crippen LogP contribution in [0.4, 0.5) is 0 Å². The monoisotopic (exact) mass is 801 g/mol. The Hall–Kier alpha value is -1.85. The molecular formula is C43H77O11P. The number of ether oxygens (including phenoxy) is 3. The van der Waals surface area contributed by atoms with Crippen molar-refractivity contribution in [1.82, 2.24) is 0 Å². The van der Waals surface area contributed by atoms with Crippen molar-refractivity contribution < 1.29 is 52.5 Å². The molecule has 0 saturated carbocycles. The number of hydrogen-bond acceptors (Lipinski definition) is 10. The third-order valence-electron chi connectivity index (χ3n) is 9.76. The molecule has 3 N–H and O–H groups in total. The van der Waals surface area contributed by atoms with Gasteiger partial charge in [0.15, 0.2) is 6.10 Å². The van der Waals surface area contributed by atoms with Gasteiger partial charge in [0.1, 0.15) is 12.7 Å². The minimum absolute atomic E-state index is 0.162. The van der Waals surface area contributed by atoms with E-state index in [2.05, 4.69) is 55.7 Å². The van der Waals surface area contributed by atoms with Crippen LogP contribution in [0.2, 0.25) is 0 Å². The van der Waals surface area contributed by atoms with Crippen molar-refractivity contribution in [3.05, 3.63) is 36.5 Å². The number of phosphoric ester groups is 1. The van der Waals surface area contributed by atoms with Crippen molar-refractivity contribution in [3.63, 3.8) is 0 Å². The Kier molecular flexibility index (Phi) is 31.8. The third kappa shape index (κ3) is 31.9. The standard InChI is InChI=1S/C43H77O11P/c1-4-6-23-29-40-41(54-40)30-25-20-16-12-8-10-13-17-21-26-31-42(46)50-35-39(36-52-55(48,49)51-34-38(45)33-44)53-43(47)32-27-22-18-14-9-7-11-15-19-24-28-37(3)5-2/h8,12-13,17,20,25,37-41,44-45H,4-7,9-11,14-16,18-19,21-24,26-36H2,1-3H3,(H,48,49)/b12-8-,17-13-,25-20-/t37?,38-,39+,40?,41?/m0/s1. The molecule has 0 spiro atoms. The Morgan fingerprint density at radius 3 is 1.98 bits per heavy atom. The van der Waals surface area contributed by atoms with E-state index in [1.807, 2.05) is 6.08 Å². The van der Waals surface area contributed by atoms with Crippen molar-refractivity contribution in [3.8, 4) is 0 Å². The van der Waals surface area contributed by atoms with Crippen LogP contribution in [0.3, 0.4) is 0 Å². The lowest BCUT2D eigenvalue weighted by atomic mass is 9.99. The summed E-state index contributed by atoms with van der Waals surface area (Å²) >= 11 is 0. The fourth-order valence-electron chi connectivity index (χ4n) is 5.94. The Morgan fingerprint density at radius 2 is 1.33 bits per heavy atom. The van der Waals surface area contributed by atoms with Crippen molar-refractivity contribution in [2.75, 3.05) is 26.4 Å². The second kappa shape index (κ2) is 34.2. The molecule has 0 radical (unpaired) electrons. The van der Waals surface area contributed by atoms with Gasteiger partial charge in [0.05, 0.1) is 32.0 Å². The van der Waals surface area contributed by atoms with Gasteiger partial charge in [-0.3, -0.25) is 18.6 Å². The molecule has 1 fully saturated rings. The summed E-state index contributed by atoms with van der Waals surface area (Å²) in [5, 5.41) is 18.3. The Labute approximate surface area is 333 Å². The minimum Gasteiger partial charge on any atom is -0.462 e. The number of unbranched alkanes of at least 4 members (excludes halogenated alkanes) is 12. The van der Waals surface area contributed by atoms with Crippen LogP contribution in [0.25, 0.3) is 0 Å². The molecule has 12 heteroatoms. The molecule has 6 atom stereocenters. The van der Waals surface area contributed by atoms with Crippen LogP contribution in [0.15, 0.2) is 36.5 Å². The second-order valence-corrected chi connectivity index (χ2v) is 16.5. The predicted octanol–water partition coefficient (Wildman–Crippen LogP) is 10.0. The first-order valence-electron chi connectivity index (χ1n) is 21.5. The number of epoxide rings is 1. The van der Waals surface area contributed by atoms with Crippen molar-refractivity contribution in [1.29, 1.82) is 0 Å². The van der Waals surface area contributed by atoms with Crippen LogP contribution in [0.1, 0.15) is 168 Å². The highest BCUT2D eigenvalue weighted by Crippen LogP contribution is 2.43. The van der Waals surface area contributed by atoms with Crippen molar-refractivity contribution in [2.45, 2.75) is 193 Å². The minimum atomic E-state index is -4.63. The number of carbonyl (C=O) groups is 2. The highest BCUT2D eigenvalue weighted by molar-refractivity contribution is 7.47. The summed E-state index contributed by atoms with van der Waals surface area (Å²) in [4.78, 5) is 35.0. The molecule has 4 unspecified atom stereocenters. The van der Waals surface area contributed by atoms with Gasteiger partial charge in [0.25, 0.3) is 0 Å². The molecular weight excluding hydrogens is 723 g/mol. The first-order chi connectivity index (χ1) is 26.6. The summed E-state index contributed by atoms with van der Waals surface area (Å²) in [5.74, 6) is -0.162. The number of allylic oxidation sites excluding steroid dienone is 5. The van der Waals surface area contributed by atoms with Crippen LogP contribution in [-0.2, 0) is 37.4 Å². The molecule has 1 aliphatic heterocycles. The summed E-state index contributed by atoms with van der Waals surface area (Å²) in [6, 6.07) is 0. The number of aliphatic hydroxyl groups excluding tert-OH is 2. The zero-order valence-electron chi connectivity index (χ0n) is 34.5. The first kappa shape index (κ1) is 51.2. The van der Waals surface area contributed by atoms with Crippen LogP contribution in [0, 0.1) is 5.92 Å². The van der Waals surface area contributed by atoms with Gasteiger partial charge in [-0.15, -0.1) is 0 Å². The molecule has 0 aromatic rings. The summed E-state index contributed by atoms with van der Waals surface area (Å²) < 4.78 is 38.4. The van der Waals surface area contributed by atoms with E-state index in [1.165, 1.54) is 77.0 Å². The molecule has 1 aliphatic rings. The lowest BCUT2D eigenvalue weighted by molar-refractivity contribution is -0.161. The normalized spacial score (nSPS) is 18.5. The molecule has 0 aliphatic carbocycles. The summed E-state index contributed by atoms with van der Waals surface area (Å²) in [7, 11) is -4.63. The summed E-state index contributed by atoms with van der Waals surface area (Å²) in [6.45, 7) is 4.61. The maximum atomic E-state index is 12.6. The quantitative estimate of drug-likeness (QED) is 0.0179. The van der Waals surface area contributed by atoms with Gasteiger partial charge in [-0.1, -0.05) is 147 Å². The highest BCUT2D eigenvalue weighted by atomic mass is 31.2. The fraction of sp³-hybridized carbons (Fsp3) is 0.814. The summed E-state index contributed by atoms with van der Waals surface area (Å²) in [5.41, 5.74) is 0. The Bertz CT molecular complexity index is 1090. The molecule has 11 nitrogen and oxygen atoms in total. The van der Waals surface area contributed by atoms with Crippen molar-refractivity contribution in [2.24, 2.45) is 5.92 Å². The first-order valence-corrected chi connectivity index (χ1v) is 23.0. The van der Waals surface area contributed by atoms with Crippen molar-refractivity contribution >= 4 is 19.8 Å². The molecule has 0 aromatic heterocycles. The number of hydrogen-bond donors (Lipinski definition) is 3. The van der Waals surface area contributed by atoms with Crippen LogP contribution < -0.4 is 0 Å². The van der Waals surface area contributed by atoms with Crippen LogP contribution in [-0.4, -0.2) is 77.9 Å². The van der Waals surface area contributed by atoms with Crippen LogP contribution >= 0.6 is 7.82 Å². The van der Waals surface area contributed by atoms with E-state index >= 15 is 0 Å². The van der Waals surface area contributed by atoms with E-state index in [4.69, 9.17) is 23.8 Å². The average molecular weight is 801 g/mol.